The third kappa shape index (κ3) is 6.18. The Balaban J connectivity index is 2.30. The number of aliphatic hydroxyl groups is 3. The zero-order chi connectivity index (χ0) is 15.0. The summed E-state index contributed by atoms with van der Waals surface area (Å²) in [6, 6.07) is 0.379. The molecular formula is C16H29NO3. The summed E-state index contributed by atoms with van der Waals surface area (Å²) in [7, 11) is 0. The van der Waals surface area contributed by atoms with Gasteiger partial charge in [0.05, 0.1) is 18.3 Å². The molecule has 1 heterocycles. The molecule has 4 N–H and O–H groups in total. The molecule has 0 amide bonds. The summed E-state index contributed by atoms with van der Waals surface area (Å²) in [5.74, 6) is 0. The first-order chi connectivity index (χ1) is 9.54. The van der Waals surface area contributed by atoms with Crippen LogP contribution in [0.15, 0.2) is 24.3 Å². The van der Waals surface area contributed by atoms with E-state index in [-0.39, 0.29) is 18.2 Å². The molecule has 0 spiro atoms. The van der Waals surface area contributed by atoms with Crippen LogP contribution >= 0.6 is 0 Å². The van der Waals surface area contributed by atoms with Gasteiger partial charge in [-0.05, 0) is 26.2 Å². The predicted octanol–water partition coefficient (Wildman–Crippen LogP) is 1.51. The minimum Gasteiger partial charge on any atom is -0.392 e. The third-order valence-corrected chi connectivity index (χ3v) is 3.84. The van der Waals surface area contributed by atoms with Gasteiger partial charge in [0.2, 0.25) is 0 Å². The second kappa shape index (κ2) is 9.29. The van der Waals surface area contributed by atoms with Crippen LogP contribution in [-0.4, -0.2) is 45.7 Å². The van der Waals surface area contributed by atoms with E-state index < -0.39 is 12.2 Å². The van der Waals surface area contributed by atoms with Gasteiger partial charge in [0.1, 0.15) is 0 Å². The number of rotatable bonds is 7. The molecular weight excluding hydrogens is 254 g/mol. The standard InChI is InChI=1S/C16H29NO3/c1-3-4-8-15(19)16(20)9-6-5-7-13-10-11-14(18)12(2)17-13/h5-7,9,12-20H,3-4,8,10-11H2,1-2H3/b7-5+,9-6+/t12-,13+,14+,15-,16-/m0/s1. The van der Waals surface area contributed by atoms with Crippen molar-refractivity contribution in [1.29, 1.82) is 0 Å². The second-order valence-electron chi connectivity index (χ2n) is 5.68. The molecule has 0 radical (unpaired) electrons. The van der Waals surface area contributed by atoms with E-state index in [1.165, 1.54) is 0 Å². The fourth-order valence-electron chi connectivity index (χ4n) is 2.37. The molecule has 1 aliphatic heterocycles. The van der Waals surface area contributed by atoms with Gasteiger partial charge < -0.3 is 20.6 Å². The van der Waals surface area contributed by atoms with Crippen molar-refractivity contribution in [2.24, 2.45) is 0 Å². The van der Waals surface area contributed by atoms with Gasteiger partial charge in [-0.1, -0.05) is 44.1 Å². The molecule has 0 saturated carbocycles. The number of aliphatic hydroxyl groups excluding tert-OH is 3. The number of hydrogen-bond acceptors (Lipinski definition) is 4. The van der Waals surface area contributed by atoms with Crippen LogP contribution in [-0.2, 0) is 0 Å². The van der Waals surface area contributed by atoms with Crippen LogP contribution in [0.2, 0.25) is 0 Å². The number of nitrogens with one attached hydrogen (secondary N) is 1. The van der Waals surface area contributed by atoms with Gasteiger partial charge in [-0.15, -0.1) is 0 Å². The van der Waals surface area contributed by atoms with Crippen molar-refractivity contribution in [3.63, 3.8) is 0 Å². The highest BCUT2D eigenvalue weighted by atomic mass is 16.3. The Morgan fingerprint density at radius 1 is 1.25 bits per heavy atom. The lowest BCUT2D eigenvalue weighted by Crippen LogP contribution is -2.47. The molecule has 0 aromatic heterocycles. The number of piperidine rings is 1. The summed E-state index contributed by atoms with van der Waals surface area (Å²) >= 11 is 0. The quantitative estimate of drug-likeness (QED) is 0.535. The molecule has 0 bridgehead atoms. The van der Waals surface area contributed by atoms with Gasteiger partial charge in [0.25, 0.3) is 0 Å². The van der Waals surface area contributed by atoms with E-state index in [1.807, 2.05) is 19.1 Å². The predicted molar refractivity (Wildman–Crippen MR) is 81.4 cm³/mol. The average molecular weight is 283 g/mol. The number of unbranched alkanes of at least 4 members (excludes halogenated alkanes) is 1. The zero-order valence-corrected chi connectivity index (χ0v) is 12.6. The van der Waals surface area contributed by atoms with Crippen molar-refractivity contribution < 1.29 is 15.3 Å². The second-order valence-corrected chi connectivity index (χ2v) is 5.68. The zero-order valence-electron chi connectivity index (χ0n) is 12.6. The number of allylic oxidation sites excluding steroid dienone is 2. The SMILES string of the molecule is CCCC[C@H](O)[C@@H](O)/C=C/C=C/[C@@H]1CC[C@@H](O)[C@H](C)N1. The highest BCUT2D eigenvalue weighted by molar-refractivity contribution is 5.10. The molecule has 1 saturated heterocycles. The van der Waals surface area contributed by atoms with E-state index in [1.54, 1.807) is 12.2 Å². The lowest BCUT2D eigenvalue weighted by molar-refractivity contribution is 0.0418. The van der Waals surface area contributed by atoms with E-state index in [4.69, 9.17) is 0 Å². The molecule has 20 heavy (non-hydrogen) atoms. The van der Waals surface area contributed by atoms with E-state index in [9.17, 15) is 15.3 Å². The highest BCUT2D eigenvalue weighted by Crippen LogP contribution is 2.14. The molecule has 1 aliphatic rings. The van der Waals surface area contributed by atoms with Crippen molar-refractivity contribution >= 4 is 0 Å². The van der Waals surface area contributed by atoms with Crippen molar-refractivity contribution in [2.75, 3.05) is 0 Å². The van der Waals surface area contributed by atoms with Gasteiger partial charge in [-0.2, -0.15) is 0 Å². The summed E-state index contributed by atoms with van der Waals surface area (Å²) in [6.07, 6.45) is 9.88. The van der Waals surface area contributed by atoms with E-state index in [0.717, 1.165) is 25.7 Å². The monoisotopic (exact) mass is 283 g/mol. The molecule has 1 fully saturated rings. The summed E-state index contributed by atoms with van der Waals surface area (Å²) in [6.45, 7) is 4.04. The summed E-state index contributed by atoms with van der Waals surface area (Å²) < 4.78 is 0. The molecule has 1 rings (SSSR count). The first-order valence-corrected chi connectivity index (χ1v) is 7.69. The lowest BCUT2D eigenvalue weighted by atomic mass is 9.96. The maximum atomic E-state index is 9.74. The summed E-state index contributed by atoms with van der Waals surface area (Å²) in [5.41, 5.74) is 0. The van der Waals surface area contributed by atoms with Gasteiger partial charge in [0, 0.05) is 12.1 Å². The molecule has 116 valence electrons. The third-order valence-electron chi connectivity index (χ3n) is 3.84. The molecule has 0 aliphatic carbocycles. The van der Waals surface area contributed by atoms with Crippen LogP contribution in [0.4, 0.5) is 0 Å². The van der Waals surface area contributed by atoms with E-state index in [2.05, 4.69) is 12.2 Å². The summed E-state index contributed by atoms with van der Waals surface area (Å²) in [4.78, 5) is 0. The van der Waals surface area contributed by atoms with Gasteiger partial charge in [-0.25, -0.2) is 0 Å². The van der Waals surface area contributed by atoms with Gasteiger partial charge in [-0.3, -0.25) is 0 Å². The Morgan fingerprint density at radius 2 is 2.00 bits per heavy atom. The van der Waals surface area contributed by atoms with Crippen LogP contribution in [0.1, 0.15) is 46.0 Å². The first kappa shape index (κ1) is 17.4. The molecule has 0 aromatic carbocycles. The maximum absolute atomic E-state index is 9.74. The molecule has 0 unspecified atom stereocenters. The summed E-state index contributed by atoms with van der Waals surface area (Å²) in [5, 5.41) is 32.4. The minimum atomic E-state index is -0.800. The van der Waals surface area contributed by atoms with Gasteiger partial charge in [0.15, 0.2) is 0 Å². The van der Waals surface area contributed by atoms with Crippen molar-refractivity contribution in [3.8, 4) is 0 Å². The Bertz CT molecular complexity index is 317. The Kier molecular flexibility index (Phi) is 8.07. The minimum absolute atomic E-state index is 0.115. The number of hydrogen-bond donors (Lipinski definition) is 4. The van der Waals surface area contributed by atoms with Gasteiger partial charge >= 0.3 is 0 Å². The van der Waals surface area contributed by atoms with E-state index in [0.29, 0.717) is 6.42 Å². The van der Waals surface area contributed by atoms with Crippen LogP contribution in [0.25, 0.3) is 0 Å². The van der Waals surface area contributed by atoms with Crippen LogP contribution in [0.5, 0.6) is 0 Å². The van der Waals surface area contributed by atoms with Crippen LogP contribution in [0, 0.1) is 0 Å². The van der Waals surface area contributed by atoms with Crippen molar-refractivity contribution in [3.05, 3.63) is 24.3 Å². The fourth-order valence-corrected chi connectivity index (χ4v) is 2.37. The Labute approximate surface area is 122 Å². The maximum Gasteiger partial charge on any atom is 0.0982 e. The first-order valence-electron chi connectivity index (χ1n) is 7.69. The van der Waals surface area contributed by atoms with E-state index >= 15 is 0 Å². The van der Waals surface area contributed by atoms with Crippen LogP contribution in [0.3, 0.4) is 0 Å². The molecule has 4 nitrogen and oxygen atoms in total. The highest BCUT2D eigenvalue weighted by Gasteiger charge is 2.22. The average Bonchev–Trinajstić information content (AvgIpc) is 2.44. The topological polar surface area (TPSA) is 72.7 Å². The smallest absolute Gasteiger partial charge is 0.0982 e. The Hall–Kier alpha value is -0.680. The molecule has 0 aromatic rings. The normalized spacial score (nSPS) is 30.9. The fraction of sp³-hybridized carbons (Fsp3) is 0.750. The van der Waals surface area contributed by atoms with Crippen molar-refractivity contribution in [2.45, 2.75) is 76.3 Å². The Morgan fingerprint density at radius 3 is 2.65 bits per heavy atom. The molecule has 4 heteroatoms. The molecule has 5 atom stereocenters. The lowest BCUT2D eigenvalue weighted by Gasteiger charge is -2.31. The largest absolute Gasteiger partial charge is 0.392 e. The van der Waals surface area contributed by atoms with Crippen LogP contribution < -0.4 is 5.32 Å². The van der Waals surface area contributed by atoms with Crippen molar-refractivity contribution in [1.82, 2.24) is 5.32 Å².